The summed E-state index contributed by atoms with van der Waals surface area (Å²) in [5.74, 6) is 0. The standard InChI is InChI=1S/C4H9O3.C2H5O2.2Rf/c1-7-3-4(6)2-5;3-1-2-4;;/h4-6H,1-3H2;1,3-4H,2H2;;/q2*-1;;. The topological polar surface area (TPSA) is 90.2 Å². The van der Waals surface area contributed by atoms with Crippen molar-refractivity contribution in [1.82, 2.24) is 0 Å². The molecule has 0 saturated heterocycles. The average Bonchev–Trinajstić information content (AvgIpc) is 2.05. The van der Waals surface area contributed by atoms with E-state index in [0.29, 0.717) is 6.61 Å². The minimum Gasteiger partial charge on any atom is -0.564 e. The Bertz CT molecular complexity index is 65.0. The summed E-state index contributed by atoms with van der Waals surface area (Å²) in [5, 5.41) is 31.6. The van der Waals surface area contributed by atoms with E-state index < -0.39 is 6.10 Å². The zero-order valence-corrected chi connectivity index (χ0v) is 20.4. The van der Waals surface area contributed by atoms with Gasteiger partial charge in [0.15, 0.2) is 0 Å². The van der Waals surface area contributed by atoms with E-state index in [1.54, 1.807) is 0 Å². The molecule has 1 atom stereocenters. The van der Waals surface area contributed by atoms with E-state index in [1.165, 1.54) is 0 Å². The molecule has 0 radical (unpaired) electrons. The Morgan fingerprint density at radius 2 is 1.69 bits per heavy atom. The molecule has 74 valence electrons. The average molecular weight is 700 g/mol. The molecule has 0 heterocycles. The number of aliphatic hydroxyl groups excluding tert-OH is 4. The third-order valence-corrected chi connectivity index (χ3v) is 0.603. The van der Waals surface area contributed by atoms with Crippen LogP contribution in [0.2, 0.25) is 0 Å². The fourth-order valence-corrected chi connectivity index (χ4v) is 0.189. The van der Waals surface area contributed by atoms with Gasteiger partial charge in [0.1, 0.15) is 0 Å². The summed E-state index contributed by atoms with van der Waals surface area (Å²) in [4.78, 5) is 0. The van der Waals surface area contributed by atoms with Gasteiger partial charge in [0, 0.05) is 6.61 Å². The fraction of sp³-hybridized carbons (Fsp3) is 0.667. The molecule has 0 aromatic rings. The van der Waals surface area contributed by atoms with E-state index >= 15 is 0 Å². The molecule has 0 fully saturated rings. The first kappa shape index (κ1) is 22.4. The van der Waals surface area contributed by atoms with E-state index in [0.717, 1.165) is 0 Å². The van der Waals surface area contributed by atoms with Crippen molar-refractivity contribution in [2.24, 2.45) is 0 Å². The van der Waals surface area contributed by atoms with Gasteiger partial charge in [0.25, 0.3) is 0 Å². The van der Waals surface area contributed by atoms with Gasteiger partial charge in [-0.2, -0.15) is 6.61 Å². The first-order valence-corrected chi connectivity index (χ1v) is 2.95. The molecule has 0 bridgehead atoms. The van der Waals surface area contributed by atoms with Crippen molar-refractivity contribution in [3.05, 3.63) is 13.7 Å². The maximum atomic E-state index is 8.44. The smallest absolute Gasteiger partial charge is 0.0973 e. The van der Waals surface area contributed by atoms with Gasteiger partial charge in [0.05, 0.1) is 12.7 Å². The van der Waals surface area contributed by atoms with Crippen LogP contribution in [0.3, 0.4) is 0 Å². The van der Waals surface area contributed by atoms with Gasteiger partial charge >= 0.3 is 0 Å². The third-order valence-electron chi connectivity index (χ3n) is 0.603. The molecule has 0 spiro atoms. The molecular formula is C6H14O5Rf2-2. The summed E-state index contributed by atoms with van der Waals surface area (Å²) in [6.45, 7) is 0.256. The molecular weight excluding hydrogens is 686 g/mol. The number of ether oxygens (including phenoxy) is 1. The SMILES string of the molecule is O[CH-]CO.[CH2-]OCC(O)CO.[Rf].[Rf]. The van der Waals surface area contributed by atoms with Crippen LogP contribution in [0, 0.1) is 13.7 Å². The zero-order valence-electron chi connectivity index (χ0n) is 7.59. The molecule has 4 N–H and O–H groups in total. The number of hydrogen-bond acceptors (Lipinski definition) is 5. The Morgan fingerprint density at radius 3 is 1.77 bits per heavy atom. The maximum Gasteiger partial charge on any atom is 0.0973 e. The molecule has 0 rings (SSSR count). The number of aliphatic hydroxyl groups is 4. The van der Waals surface area contributed by atoms with E-state index in [9.17, 15) is 0 Å². The third kappa shape index (κ3) is 41.3. The monoisotopic (exact) mass is 700 g/mol. The first-order chi connectivity index (χ1) is 5.22. The van der Waals surface area contributed by atoms with Crippen LogP contribution in [0.5, 0.6) is 0 Å². The van der Waals surface area contributed by atoms with Crippen molar-refractivity contribution >= 4 is 0 Å². The minimum absolute atomic E-state index is 0. The van der Waals surface area contributed by atoms with Crippen LogP contribution >= 0.6 is 0 Å². The van der Waals surface area contributed by atoms with Crippen LogP contribution in [0.15, 0.2) is 0 Å². The molecule has 0 saturated carbocycles. The predicted octanol–water partition coefficient (Wildman–Crippen LogP) is -1.34. The van der Waals surface area contributed by atoms with Crippen molar-refractivity contribution in [1.29, 1.82) is 0 Å². The summed E-state index contributed by atoms with van der Waals surface area (Å²) < 4.78 is 4.23. The van der Waals surface area contributed by atoms with Crippen molar-refractivity contribution < 1.29 is 25.2 Å². The fourth-order valence-electron chi connectivity index (χ4n) is 0.189. The quantitative estimate of drug-likeness (QED) is 0.273. The molecule has 0 aliphatic carbocycles. The normalized spacial score (nSPS) is 9.92. The van der Waals surface area contributed by atoms with Crippen molar-refractivity contribution in [3.8, 4) is 0 Å². The van der Waals surface area contributed by atoms with E-state index in [1.807, 2.05) is 0 Å². The number of rotatable bonds is 4. The van der Waals surface area contributed by atoms with Crippen LogP contribution < -0.4 is 0 Å². The van der Waals surface area contributed by atoms with Crippen molar-refractivity contribution in [3.63, 3.8) is 0 Å². The summed E-state index contributed by atoms with van der Waals surface area (Å²) in [6.07, 6.45) is -0.780. The molecule has 7 heteroatoms. The van der Waals surface area contributed by atoms with Crippen LogP contribution in [0.4, 0.5) is 0 Å². The molecule has 0 aromatic carbocycles. The van der Waals surface area contributed by atoms with Crippen LogP contribution in [-0.2, 0) is 4.74 Å². The summed E-state index contributed by atoms with van der Waals surface area (Å²) in [6, 6.07) is 0. The van der Waals surface area contributed by atoms with Gasteiger partial charge in [-0.3, -0.25) is 0 Å². The first-order valence-electron chi connectivity index (χ1n) is 2.95. The summed E-state index contributed by atoms with van der Waals surface area (Å²) in [5.41, 5.74) is 0. The Hall–Kier alpha value is -2.20. The Balaban J connectivity index is -0.0000000600. The van der Waals surface area contributed by atoms with Crippen molar-refractivity contribution in [2.45, 2.75) is 6.10 Å². The Labute approximate surface area is 65.9 Å². The van der Waals surface area contributed by atoms with Gasteiger partial charge in [-0.25, -0.2) is 7.11 Å². The Morgan fingerprint density at radius 1 is 1.31 bits per heavy atom. The van der Waals surface area contributed by atoms with Crippen LogP contribution in [0.1, 0.15) is 0 Å². The van der Waals surface area contributed by atoms with E-state index in [4.69, 9.17) is 20.4 Å². The predicted molar refractivity (Wildman–Crippen MR) is 37.7 cm³/mol. The minimum atomic E-state index is -0.780. The maximum absolute atomic E-state index is 8.44. The summed E-state index contributed by atoms with van der Waals surface area (Å²) in [7, 11) is 3.00. The molecule has 0 aliphatic heterocycles. The van der Waals surface area contributed by atoms with Gasteiger partial charge in [0.2, 0.25) is 0 Å². The van der Waals surface area contributed by atoms with Gasteiger partial charge in [-0.15, -0.1) is 0 Å². The second kappa shape index (κ2) is 22.6. The Kier molecular flexibility index (Phi) is 38.9. The molecule has 1 unspecified atom stereocenters. The summed E-state index contributed by atoms with van der Waals surface area (Å²) >= 11 is 0. The number of hydrogen-bond donors (Lipinski definition) is 4. The molecule has 13 heavy (non-hydrogen) atoms. The molecule has 0 aliphatic rings. The zero-order chi connectivity index (χ0) is 9.11. The second-order valence-electron chi connectivity index (χ2n) is 1.57. The molecule has 0 aromatic heterocycles. The van der Waals surface area contributed by atoms with Gasteiger partial charge in [-0.1, -0.05) is 6.61 Å². The van der Waals surface area contributed by atoms with E-state index in [-0.39, 0.29) is 19.8 Å². The second-order valence-corrected chi connectivity index (χ2v) is 1.57. The van der Waals surface area contributed by atoms with Crippen molar-refractivity contribution in [2.75, 3.05) is 19.8 Å². The van der Waals surface area contributed by atoms with Crippen LogP contribution in [0.25, 0.3) is 0 Å². The van der Waals surface area contributed by atoms with E-state index in [2.05, 4.69) is 11.8 Å². The largest absolute Gasteiger partial charge is 0.564 e. The molecule has 0 amide bonds. The van der Waals surface area contributed by atoms with Gasteiger partial charge < -0.3 is 25.2 Å². The molecule has 5 nitrogen and oxygen atoms in total. The van der Waals surface area contributed by atoms with Crippen LogP contribution in [-0.4, -0.2) is 46.4 Å². The van der Waals surface area contributed by atoms with Gasteiger partial charge in [-0.05, 0) is 0 Å².